The van der Waals surface area contributed by atoms with Crippen LogP contribution in [-0.2, 0) is 63.4 Å². The fraction of sp³-hybridized carbons (Fsp3) is 0.524. The number of nitrogens with one attached hydrogen (secondary N) is 5. The monoisotopic (exact) mass is 833 g/mol. The van der Waals surface area contributed by atoms with Crippen LogP contribution in [0.5, 0.6) is 0 Å². The van der Waals surface area contributed by atoms with Crippen molar-refractivity contribution < 1.29 is 47.7 Å². The fourth-order valence-corrected chi connectivity index (χ4v) is 8.06. The maximum absolute atomic E-state index is 15.2. The Kier molecular flexibility index (Phi) is 13.6. The third-order valence-corrected chi connectivity index (χ3v) is 11.5. The van der Waals surface area contributed by atoms with E-state index >= 15 is 4.39 Å². The molecule has 60 heavy (non-hydrogen) atoms. The lowest BCUT2D eigenvalue weighted by atomic mass is 9.81. The van der Waals surface area contributed by atoms with Gasteiger partial charge in [0.15, 0.2) is 5.60 Å². The summed E-state index contributed by atoms with van der Waals surface area (Å²) in [6.07, 6.45) is 5.90. The standard InChI is InChI=1S/C42H52FN7O10/c1-5-7-8-9-10-22(3)59-21-36(55)47-17-34(53)45-15-32(51)44-16-33(52)46-18-35(54)48-29-12-11-24-23(4)28(43)14-30-37(24)38(29)25-19-50-31(39(25)49-30)13-27-26(40(50)56)20-60-41(57)42(27,58)6-2/h13-14,22,29,58H,5-12,15-21H2,1-4H3,(H,44,51)(H,45,53)(H,46,52)(H,47,55)(H,48,54)/t22?,29-,42-/m0/s1. The fourth-order valence-electron chi connectivity index (χ4n) is 8.06. The van der Waals surface area contributed by atoms with Crippen LogP contribution in [0.1, 0.15) is 105 Å². The number of hydrogen-bond acceptors (Lipinski definition) is 11. The highest BCUT2D eigenvalue weighted by molar-refractivity contribution is 5.95. The van der Waals surface area contributed by atoms with Gasteiger partial charge >= 0.3 is 5.97 Å². The molecule has 3 atom stereocenters. The van der Waals surface area contributed by atoms with Gasteiger partial charge in [0.25, 0.3) is 5.56 Å². The van der Waals surface area contributed by atoms with Crippen molar-refractivity contribution in [3.05, 3.63) is 61.7 Å². The van der Waals surface area contributed by atoms with E-state index in [0.717, 1.165) is 37.7 Å². The summed E-state index contributed by atoms with van der Waals surface area (Å²) < 4.78 is 27.4. The molecule has 6 rings (SSSR count). The predicted octanol–water partition coefficient (Wildman–Crippen LogP) is 1.47. The van der Waals surface area contributed by atoms with Gasteiger partial charge in [-0.1, -0.05) is 39.5 Å². The molecule has 2 aliphatic heterocycles. The van der Waals surface area contributed by atoms with E-state index in [1.165, 1.54) is 10.6 Å². The SMILES string of the molecule is CCCCCCC(C)OCC(=O)NCC(=O)NCC(=O)NCC(=O)NCC(=O)N[C@H]1CCc2c(C)c(F)cc3nc4c(c1c23)Cn1c-4cc2c(c1=O)COC(=O)[C@]2(O)CC. The number of fused-ring (bicyclic) bond motifs is 5. The number of nitrogens with zero attached hydrogens (tertiary/aromatic N) is 2. The van der Waals surface area contributed by atoms with Crippen LogP contribution in [0.2, 0.25) is 0 Å². The summed E-state index contributed by atoms with van der Waals surface area (Å²) in [4.78, 5) is 93.7. The lowest BCUT2D eigenvalue weighted by Crippen LogP contribution is -2.46. The van der Waals surface area contributed by atoms with E-state index in [-0.39, 0.29) is 50.0 Å². The van der Waals surface area contributed by atoms with E-state index in [0.29, 0.717) is 51.8 Å². The number of aromatic nitrogens is 2. The highest BCUT2D eigenvalue weighted by atomic mass is 19.1. The number of amides is 5. The number of esters is 1. The van der Waals surface area contributed by atoms with Crippen molar-refractivity contribution in [2.24, 2.45) is 0 Å². The van der Waals surface area contributed by atoms with Crippen molar-refractivity contribution >= 4 is 46.4 Å². The van der Waals surface area contributed by atoms with E-state index in [9.17, 15) is 38.7 Å². The second kappa shape index (κ2) is 18.7. The number of benzene rings is 1. The van der Waals surface area contributed by atoms with Crippen LogP contribution in [0.15, 0.2) is 16.9 Å². The molecular weight excluding hydrogens is 781 g/mol. The quantitative estimate of drug-likeness (QED) is 0.0621. The number of rotatable bonds is 18. The van der Waals surface area contributed by atoms with Crippen LogP contribution in [0, 0.1) is 12.7 Å². The summed E-state index contributed by atoms with van der Waals surface area (Å²) in [5.41, 5.74) is 1.27. The highest BCUT2D eigenvalue weighted by Gasteiger charge is 2.46. The number of aryl methyl sites for hydroxylation is 1. The van der Waals surface area contributed by atoms with Gasteiger partial charge < -0.3 is 45.7 Å². The Balaban J connectivity index is 1.03. The van der Waals surface area contributed by atoms with E-state index in [4.69, 9.17) is 14.5 Å². The van der Waals surface area contributed by atoms with Gasteiger partial charge in [0.1, 0.15) is 19.0 Å². The molecule has 3 aromatic rings. The number of hydrogen-bond donors (Lipinski definition) is 6. The zero-order chi connectivity index (χ0) is 43.3. The van der Waals surface area contributed by atoms with Gasteiger partial charge in [-0.3, -0.25) is 28.8 Å². The van der Waals surface area contributed by atoms with Crippen LogP contribution in [0.3, 0.4) is 0 Å². The zero-order valence-corrected chi connectivity index (χ0v) is 34.3. The van der Waals surface area contributed by atoms with Crippen LogP contribution in [0.4, 0.5) is 4.39 Å². The molecule has 18 heteroatoms. The average molecular weight is 834 g/mol. The van der Waals surface area contributed by atoms with Gasteiger partial charge in [0.05, 0.1) is 67.3 Å². The molecule has 0 fully saturated rings. The van der Waals surface area contributed by atoms with Gasteiger partial charge in [-0.05, 0) is 62.3 Å². The Labute approximate surface area is 345 Å². The van der Waals surface area contributed by atoms with Gasteiger partial charge in [0, 0.05) is 22.6 Å². The van der Waals surface area contributed by atoms with Gasteiger partial charge in [-0.15, -0.1) is 0 Å². The van der Waals surface area contributed by atoms with E-state index < -0.39 is 78.2 Å². The molecule has 0 spiro atoms. The molecule has 5 amide bonds. The molecule has 322 valence electrons. The first-order valence-corrected chi connectivity index (χ1v) is 20.5. The Morgan fingerprint density at radius 3 is 2.23 bits per heavy atom. The van der Waals surface area contributed by atoms with Crippen molar-refractivity contribution in [2.45, 2.75) is 110 Å². The summed E-state index contributed by atoms with van der Waals surface area (Å²) in [6.45, 7) is 5.14. The third-order valence-electron chi connectivity index (χ3n) is 11.5. The molecule has 2 aromatic heterocycles. The summed E-state index contributed by atoms with van der Waals surface area (Å²) in [6, 6.07) is 2.26. The summed E-state index contributed by atoms with van der Waals surface area (Å²) in [7, 11) is 0. The van der Waals surface area contributed by atoms with Crippen LogP contribution >= 0.6 is 0 Å². The molecule has 0 radical (unpaired) electrons. The minimum atomic E-state index is -2.03. The van der Waals surface area contributed by atoms with Gasteiger partial charge in [-0.25, -0.2) is 14.2 Å². The van der Waals surface area contributed by atoms with Crippen molar-refractivity contribution in [1.82, 2.24) is 36.1 Å². The number of carbonyl (C=O) groups excluding carboxylic acids is 6. The van der Waals surface area contributed by atoms with E-state index in [1.807, 2.05) is 6.92 Å². The average Bonchev–Trinajstić information content (AvgIpc) is 3.60. The number of aliphatic hydroxyl groups is 1. The number of halogens is 1. The van der Waals surface area contributed by atoms with Crippen LogP contribution < -0.4 is 32.1 Å². The number of cyclic esters (lactones) is 1. The molecule has 1 aromatic carbocycles. The molecule has 0 saturated heterocycles. The zero-order valence-electron chi connectivity index (χ0n) is 34.3. The number of pyridine rings is 2. The van der Waals surface area contributed by atoms with Crippen molar-refractivity contribution in [3.8, 4) is 11.4 Å². The van der Waals surface area contributed by atoms with Crippen molar-refractivity contribution in [2.75, 3.05) is 32.8 Å². The van der Waals surface area contributed by atoms with Crippen molar-refractivity contribution in [1.29, 1.82) is 0 Å². The lowest BCUT2D eigenvalue weighted by Gasteiger charge is -2.31. The Hall–Kier alpha value is -5.75. The maximum atomic E-state index is 15.2. The lowest BCUT2D eigenvalue weighted by molar-refractivity contribution is -0.172. The van der Waals surface area contributed by atoms with Gasteiger partial charge in [-0.2, -0.15) is 0 Å². The summed E-state index contributed by atoms with van der Waals surface area (Å²) in [5.74, 6) is -4.27. The largest absolute Gasteiger partial charge is 0.458 e. The maximum Gasteiger partial charge on any atom is 0.343 e. The molecule has 1 unspecified atom stereocenters. The molecule has 0 bridgehead atoms. The number of carbonyl (C=O) groups is 6. The Bertz CT molecular complexity index is 2290. The molecule has 6 N–H and O–H groups in total. The minimum Gasteiger partial charge on any atom is -0.458 e. The number of unbranched alkanes of at least 4 members (excludes halogenated alkanes) is 3. The number of ether oxygens (including phenoxy) is 2. The van der Waals surface area contributed by atoms with Crippen LogP contribution in [0.25, 0.3) is 22.3 Å². The molecule has 0 saturated carbocycles. The first-order valence-electron chi connectivity index (χ1n) is 20.5. The molecular formula is C42H52FN7O10. The first kappa shape index (κ1) is 43.8. The Morgan fingerprint density at radius 2 is 1.58 bits per heavy atom. The molecule has 4 heterocycles. The molecule has 17 nitrogen and oxygen atoms in total. The normalized spacial score (nSPS) is 17.8. The Morgan fingerprint density at radius 1 is 0.933 bits per heavy atom. The topological polar surface area (TPSA) is 236 Å². The van der Waals surface area contributed by atoms with E-state index in [2.05, 4.69) is 33.5 Å². The first-order chi connectivity index (χ1) is 28.7. The van der Waals surface area contributed by atoms with Gasteiger partial charge in [0.2, 0.25) is 29.5 Å². The third kappa shape index (κ3) is 9.18. The predicted molar refractivity (Wildman–Crippen MR) is 215 cm³/mol. The van der Waals surface area contributed by atoms with Crippen LogP contribution in [-0.4, -0.2) is 89.1 Å². The summed E-state index contributed by atoms with van der Waals surface area (Å²) >= 11 is 0. The smallest absolute Gasteiger partial charge is 0.343 e. The minimum absolute atomic E-state index is 0.0358. The van der Waals surface area contributed by atoms with Crippen molar-refractivity contribution in [3.63, 3.8) is 0 Å². The van der Waals surface area contributed by atoms with E-state index in [1.54, 1.807) is 19.9 Å². The second-order valence-corrected chi connectivity index (χ2v) is 15.5. The molecule has 1 aliphatic carbocycles. The summed E-state index contributed by atoms with van der Waals surface area (Å²) in [5, 5.41) is 24.5. The molecule has 3 aliphatic rings. The highest BCUT2D eigenvalue weighted by Crippen LogP contribution is 2.46. The second-order valence-electron chi connectivity index (χ2n) is 15.5.